The van der Waals surface area contributed by atoms with Crippen molar-refractivity contribution in [3.8, 4) is 11.6 Å². The molecule has 7 nitrogen and oxygen atoms in total. The number of aliphatic imine (C=N–C) groups is 1. The Balaban J connectivity index is 1.46. The van der Waals surface area contributed by atoms with E-state index in [1.165, 1.54) is 5.56 Å². The molecule has 2 N–H and O–H groups in total. The van der Waals surface area contributed by atoms with Crippen LogP contribution in [0.1, 0.15) is 30.4 Å². The van der Waals surface area contributed by atoms with Gasteiger partial charge in [0, 0.05) is 38.7 Å². The molecule has 3 rings (SSSR count). The van der Waals surface area contributed by atoms with Crippen molar-refractivity contribution >= 4 is 5.96 Å². The first kappa shape index (κ1) is 20.4. The minimum Gasteiger partial charge on any atom is -0.497 e. The van der Waals surface area contributed by atoms with E-state index in [1.807, 2.05) is 36.5 Å². The standard InChI is InChI=1S/C22H28N6O/c1-17(19-5-7-20(29-3)8-6-19)9-12-25-22(23-2)26-16-18-10-13-24-21(15-18)28-14-4-11-27-28/h4-8,10-11,13-15,17H,9,12,16H2,1-3H3,(H2,23,25,26). The number of rotatable bonds is 8. The minimum absolute atomic E-state index is 0.448. The maximum atomic E-state index is 5.22. The zero-order chi connectivity index (χ0) is 20.5. The van der Waals surface area contributed by atoms with E-state index in [9.17, 15) is 0 Å². The summed E-state index contributed by atoms with van der Waals surface area (Å²) < 4.78 is 6.97. The van der Waals surface area contributed by atoms with Gasteiger partial charge in [-0.1, -0.05) is 19.1 Å². The molecule has 0 amide bonds. The van der Waals surface area contributed by atoms with E-state index in [1.54, 1.807) is 31.2 Å². The van der Waals surface area contributed by atoms with Crippen LogP contribution in [0.5, 0.6) is 5.75 Å². The molecular weight excluding hydrogens is 364 g/mol. The largest absolute Gasteiger partial charge is 0.497 e. The summed E-state index contributed by atoms with van der Waals surface area (Å²) in [5.41, 5.74) is 2.42. The van der Waals surface area contributed by atoms with Crippen molar-refractivity contribution in [2.24, 2.45) is 4.99 Å². The molecule has 29 heavy (non-hydrogen) atoms. The van der Waals surface area contributed by atoms with Gasteiger partial charge in [-0.05, 0) is 53.8 Å². The third kappa shape index (κ3) is 5.81. The van der Waals surface area contributed by atoms with E-state index in [0.717, 1.165) is 36.1 Å². The average molecular weight is 393 g/mol. The number of guanidine groups is 1. The predicted molar refractivity (Wildman–Crippen MR) is 116 cm³/mol. The second-order valence-electron chi connectivity index (χ2n) is 6.79. The van der Waals surface area contributed by atoms with E-state index < -0.39 is 0 Å². The van der Waals surface area contributed by atoms with Gasteiger partial charge in [-0.2, -0.15) is 5.10 Å². The smallest absolute Gasteiger partial charge is 0.191 e. The first-order chi connectivity index (χ1) is 14.2. The zero-order valence-corrected chi connectivity index (χ0v) is 17.2. The number of hydrogen-bond donors (Lipinski definition) is 2. The molecule has 0 aliphatic heterocycles. The third-order valence-electron chi connectivity index (χ3n) is 4.79. The molecule has 7 heteroatoms. The van der Waals surface area contributed by atoms with Gasteiger partial charge in [0.15, 0.2) is 11.8 Å². The van der Waals surface area contributed by atoms with Crippen molar-refractivity contribution in [2.45, 2.75) is 25.8 Å². The van der Waals surface area contributed by atoms with Crippen molar-refractivity contribution in [3.63, 3.8) is 0 Å². The van der Waals surface area contributed by atoms with Crippen molar-refractivity contribution < 1.29 is 4.74 Å². The summed E-state index contributed by atoms with van der Waals surface area (Å²) in [6.07, 6.45) is 6.42. The van der Waals surface area contributed by atoms with Crippen LogP contribution in [0.3, 0.4) is 0 Å². The molecule has 3 aromatic rings. The van der Waals surface area contributed by atoms with Gasteiger partial charge in [0.25, 0.3) is 0 Å². The molecule has 0 fully saturated rings. The molecule has 0 saturated carbocycles. The van der Waals surface area contributed by atoms with Crippen LogP contribution in [-0.4, -0.2) is 41.4 Å². The number of methoxy groups -OCH3 is 1. The highest BCUT2D eigenvalue weighted by Crippen LogP contribution is 2.21. The Morgan fingerprint density at radius 1 is 1.17 bits per heavy atom. The van der Waals surface area contributed by atoms with Crippen LogP contribution >= 0.6 is 0 Å². The average Bonchev–Trinajstić information content (AvgIpc) is 3.31. The maximum absolute atomic E-state index is 5.22. The first-order valence-corrected chi connectivity index (χ1v) is 9.73. The molecule has 2 heterocycles. The van der Waals surface area contributed by atoms with Crippen molar-refractivity contribution in [1.82, 2.24) is 25.4 Å². The molecule has 0 aliphatic rings. The van der Waals surface area contributed by atoms with E-state index in [0.29, 0.717) is 12.5 Å². The van der Waals surface area contributed by atoms with Gasteiger partial charge < -0.3 is 15.4 Å². The normalized spacial score (nSPS) is 12.4. The summed E-state index contributed by atoms with van der Waals surface area (Å²) in [6, 6.07) is 14.1. The van der Waals surface area contributed by atoms with E-state index in [2.05, 4.69) is 44.8 Å². The molecule has 0 saturated heterocycles. The Hall–Kier alpha value is -3.35. The van der Waals surface area contributed by atoms with Gasteiger partial charge in [0.05, 0.1) is 7.11 Å². The van der Waals surface area contributed by atoms with Gasteiger partial charge >= 0.3 is 0 Å². The maximum Gasteiger partial charge on any atom is 0.191 e. The Bertz CT molecular complexity index is 905. The van der Waals surface area contributed by atoms with Gasteiger partial charge in [0.1, 0.15) is 5.75 Å². The van der Waals surface area contributed by atoms with E-state index >= 15 is 0 Å². The van der Waals surface area contributed by atoms with E-state index in [4.69, 9.17) is 4.74 Å². The second-order valence-corrected chi connectivity index (χ2v) is 6.79. The van der Waals surface area contributed by atoms with E-state index in [-0.39, 0.29) is 0 Å². The fourth-order valence-electron chi connectivity index (χ4n) is 3.01. The predicted octanol–water partition coefficient (Wildman–Crippen LogP) is 3.13. The highest BCUT2D eigenvalue weighted by molar-refractivity contribution is 5.79. The lowest BCUT2D eigenvalue weighted by Gasteiger charge is -2.15. The number of nitrogens with one attached hydrogen (secondary N) is 2. The summed E-state index contributed by atoms with van der Waals surface area (Å²) in [5, 5.41) is 11.0. The van der Waals surface area contributed by atoms with Gasteiger partial charge in [0.2, 0.25) is 0 Å². The van der Waals surface area contributed by atoms with Gasteiger partial charge in [-0.15, -0.1) is 0 Å². The molecule has 1 aromatic carbocycles. The second kappa shape index (κ2) is 10.3. The van der Waals surface area contributed by atoms with Crippen LogP contribution in [0, 0.1) is 0 Å². The molecule has 152 valence electrons. The Labute approximate surface area is 171 Å². The first-order valence-electron chi connectivity index (χ1n) is 9.73. The summed E-state index contributed by atoms with van der Waals surface area (Å²) in [6.45, 7) is 3.72. The Kier molecular flexibility index (Phi) is 7.22. The molecule has 0 aliphatic carbocycles. The molecular formula is C22H28N6O. The summed E-state index contributed by atoms with van der Waals surface area (Å²) in [4.78, 5) is 8.67. The third-order valence-corrected chi connectivity index (χ3v) is 4.79. The molecule has 0 radical (unpaired) electrons. The van der Waals surface area contributed by atoms with Crippen molar-refractivity contribution in [2.75, 3.05) is 20.7 Å². The molecule has 2 aromatic heterocycles. The van der Waals surface area contributed by atoms with Crippen molar-refractivity contribution in [1.29, 1.82) is 0 Å². The molecule has 1 unspecified atom stereocenters. The van der Waals surface area contributed by atoms with Crippen LogP contribution in [0.15, 0.2) is 66.0 Å². The lowest BCUT2D eigenvalue weighted by molar-refractivity contribution is 0.414. The Morgan fingerprint density at radius 2 is 2.00 bits per heavy atom. The molecule has 1 atom stereocenters. The van der Waals surface area contributed by atoms with Gasteiger partial charge in [-0.25, -0.2) is 9.67 Å². The lowest BCUT2D eigenvalue weighted by atomic mass is 9.98. The SMILES string of the molecule is CN=C(NCCC(C)c1ccc(OC)cc1)NCc1ccnc(-n2cccn2)c1. The summed E-state index contributed by atoms with van der Waals surface area (Å²) in [5.74, 6) is 2.91. The fraction of sp³-hybridized carbons (Fsp3) is 0.318. The van der Waals surface area contributed by atoms with Crippen LogP contribution < -0.4 is 15.4 Å². The highest BCUT2D eigenvalue weighted by atomic mass is 16.5. The molecule has 0 bridgehead atoms. The Morgan fingerprint density at radius 3 is 2.69 bits per heavy atom. The quantitative estimate of drug-likeness (QED) is 0.455. The lowest BCUT2D eigenvalue weighted by Crippen LogP contribution is -2.37. The number of nitrogens with zero attached hydrogens (tertiary/aromatic N) is 4. The van der Waals surface area contributed by atoms with Crippen molar-refractivity contribution in [3.05, 3.63) is 72.2 Å². The monoisotopic (exact) mass is 392 g/mol. The minimum atomic E-state index is 0.448. The topological polar surface area (TPSA) is 76.4 Å². The van der Waals surface area contributed by atoms with Crippen LogP contribution in [0.2, 0.25) is 0 Å². The summed E-state index contributed by atoms with van der Waals surface area (Å²) in [7, 11) is 3.47. The number of aromatic nitrogens is 3. The number of hydrogen-bond acceptors (Lipinski definition) is 4. The molecule has 0 spiro atoms. The van der Waals surface area contributed by atoms with Gasteiger partial charge in [-0.3, -0.25) is 4.99 Å². The van der Waals surface area contributed by atoms with Crippen LogP contribution in [0.25, 0.3) is 5.82 Å². The zero-order valence-electron chi connectivity index (χ0n) is 17.2. The highest BCUT2D eigenvalue weighted by Gasteiger charge is 2.07. The van der Waals surface area contributed by atoms with Crippen LogP contribution in [-0.2, 0) is 6.54 Å². The number of pyridine rings is 1. The number of benzene rings is 1. The number of ether oxygens (including phenoxy) is 1. The fourth-order valence-corrected chi connectivity index (χ4v) is 3.01. The van der Waals surface area contributed by atoms with Crippen LogP contribution in [0.4, 0.5) is 0 Å². The summed E-state index contributed by atoms with van der Waals surface area (Å²) >= 11 is 0.